The molecule has 1 aliphatic rings. The zero-order valence-corrected chi connectivity index (χ0v) is 12.3. The van der Waals surface area contributed by atoms with Gasteiger partial charge in [-0.3, -0.25) is 0 Å². The number of ether oxygens (including phenoxy) is 2. The number of nitrogens with zero attached hydrogens (tertiary/aromatic N) is 1. The number of methoxy groups -OCH3 is 1. The Labute approximate surface area is 122 Å². The van der Waals surface area contributed by atoms with Gasteiger partial charge in [-0.2, -0.15) is 0 Å². The largest absolute Gasteiger partial charge is 0.496 e. The molecule has 0 amide bonds. The van der Waals surface area contributed by atoms with E-state index < -0.39 is 0 Å². The van der Waals surface area contributed by atoms with Crippen molar-refractivity contribution in [1.29, 1.82) is 0 Å². The summed E-state index contributed by atoms with van der Waals surface area (Å²) in [6.45, 7) is 3.29. The zero-order valence-electron chi connectivity index (χ0n) is 11.5. The number of hydrogen-bond donors (Lipinski definition) is 1. The smallest absolute Gasteiger partial charge is 0.142 e. The monoisotopic (exact) mass is 288 g/mol. The summed E-state index contributed by atoms with van der Waals surface area (Å²) in [7, 11) is 1.67. The van der Waals surface area contributed by atoms with Crippen molar-refractivity contribution in [2.24, 2.45) is 0 Å². The molecule has 0 saturated heterocycles. The number of hydrogen-bond acceptors (Lipinski definition) is 4. The number of H-pyrrole nitrogens is 1. The van der Waals surface area contributed by atoms with Gasteiger partial charge < -0.3 is 14.5 Å². The number of nitrogens with one attached hydrogen (secondary N) is 1. The number of aromatic nitrogens is 2. The van der Waals surface area contributed by atoms with Crippen LogP contribution in [0.3, 0.4) is 0 Å². The summed E-state index contributed by atoms with van der Waals surface area (Å²) < 4.78 is 11.5. The fraction of sp³-hybridized carbons (Fsp3) is 0.333. The molecule has 0 fully saturated rings. The second-order valence-electron chi connectivity index (χ2n) is 4.85. The van der Waals surface area contributed by atoms with Crippen LogP contribution in [-0.2, 0) is 17.8 Å². The second-order valence-corrected chi connectivity index (χ2v) is 5.24. The van der Waals surface area contributed by atoms with Crippen molar-refractivity contribution < 1.29 is 9.47 Å². The van der Waals surface area contributed by atoms with Crippen molar-refractivity contribution in [3.63, 3.8) is 0 Å². The van der Waals surface area contributed by atoms with Gasteiger partial charge in [0.15, 0.2) is 0 Å². The normalized spacial score (nSPS) is 13.9. The van der Waals surface area contributed by atoms with Crippen molar-refractivity contribution in [2.45, 2.75) is 20.0 Å². The molecule has 20 heavy (non-hydrogen) atoms. The first-order valence-electron chi connectivity index (χ1n) is 6.54. The van der Waals surface area contributed by atoms with E-state index in [4.69, 9.17) is 21.7 Å². The molecule has 0 unspecified atom stereocenters. The summed E-state index contributed by atoms with van der Waals surface area (Å²) in [5, 5.41) is 0. The van der Waals surface area contributed by atoms with Gasteiger partial charge in [0.05, 0.1) is 25.9 Å². The van der Waals surface area contributed by atoms with E-state index in [-0.39, 0.29) is 0 Å². The summed E-state index contributed by atoms with van der Waals surface area (Å²) in [5.41, 5.74) is 4.20. The van der Waals surface area contributed by atoms with Gasteiger partial charge in [-0.15, -0.1) is 0 Å². The van der Waals surface area contributed by atoms with Gasteiger partial charge >= 0.3 is 0 Å². The second kappa shape index (κ2) is 5.34. The molecule has 1 aliphatic heterocycles. The van der Waals surface area contributed by atoms with E-state index in [1.165, 1.54) is 0 Å². The Bertz CT molecular complexity index is 710. The molecule has 2 heterocycles. The Hall–Kier alpha value is -1.72. The molecule has 4 nitrogen and oxygen atoms in total. The molecule has 5 heteroatoms. The predicted molar refractivity (Wildman–Crippen MR) is 79.5 cm³/mol. The molecule has 1 aromatic carbocycles. The van der Waals surface area contributed by atoms with E-state index in [0.29, 0.717) is 17.9 Å². The lowest BCUT2D eigenvalue weighted by Crippen LogP contribution is -2.14. The standard InChI is InChI=1S/C15H16N2O2S/c1-9-3-4-10(13(7-9)18-2)14-16-12-5-6-19-8-11(12)15(20)17-14/h3-4,7H,5-6,8H2,1-2H3,(H,16,17,20). The van der Waals surface area contributed by atoms with E-state index in [0.717, 1.165) is 40.4 Å². The lowest BCUT2D eigenvalue weighted by molar-refractivity contribution is 0.108. The highest BCUT2D eigenvalue weighted by atomic mass is 32.1. The van der Waals surface area contributed by atoms with Crippen LogP contribution in [0.15, 0.2) is 18.2 Å². The first kappa shape index (κ1) is 13.3. The fourth-order valence-corrected chi connectivity index (χ4v) is 2.65. The minimum absolute atomic E-state index is 0.545. The third kappa shape index (κ3) is 2.34. The van der Waals surface area contributed by atoms with Gasteiger partial charge in [0.1, 0.15) is 16.2 Å². The van der Waals surface area contributed by atoms with E-state index in [9.17, 15) is 0 Å². The van der Waals surface area contributed by atoms with Crippen molar-refractivity contribution in [2.75, 3.05) is 13.7 Å². The molecule has 104 valence electrons. The van der Waals surface area contributed by atoms with Gasteiger partial charge in [-0.25, -0.2) is 4.98 Å². The average molecular weight is 288 g/mol. The third-order valence-electron chi connectivity index (χ3n) is 3.46. The lowest BCUT2D eigenvalue weighted by Gasteiger charge is -2.18. The van der Waals surface area contributed by atoms with Gasteiger partial charge in [-0.1, -0.05) is 18.3 Å². The minimum atomic E-state index is 0.545. The van der Waals surface area contributed by atoms with Crippen molar-refractivity contribution in [1.82, 2.24) is 9.97 Å². The van der Waals surface area contributed by atoms with Crippen LogP contribution >= 0.6 is 12.2 Å². The SMILES string of the molecule is COc1cc(C)ccc1-c1nc(=S)c2c([nH]1)CCOC2. The third-order valence-corrected chi connectivity index (χ3v) is 3.80. The molecule has 0 bridgehead atoms. The number of aryl methyl sites for hydroxylation is 1. The van der Waals surface area contributed by atoms with Crippen LogP contribution in [0.25, 0.3) is 11.4 Å². The number of benzene rings is 1. The fourth-order valence-electron chi connectivity index (χ4n) is 2.38. The Kier molecular flexibility index (Phi) is 3.54. The van der Waals surface area contributed by atoms with E-state index >= 15 is 0 Å². The number of fused-ring (bicyclic) bond motifs is 1. The quantitative estimate of drug-likeness (QED) is 0.862. The van der Waals surface area contributed by atoms with Crippen LogP contribution in [0.1, 0.15) is 16.8 Å². The summed E-state index contributed by atoms with van der Waals surface area (Å²) >= 11 is 5.38. The highest BCUT2D eigenvalue weighted by Crippen LogP contribution is 2.29. The molecule has 3 rings (SSSR count). The highest BCUT2D eigenvalue weighted by Gasteiger charge is 2.16. The Morgan fingerprint density at radius 2 is 2.25 bits per heavy atom. The van der Waals surface area contributed by atoms with Crippen LogP contribution in [0, 0.1) is 11.6 Å². The minimum Gasteiger partial charge on any atom is -0.496 e. The molecular formula is C15H16N2O2S. The Balaban J connectivity index is 2.16. The Morgan fingerprint density at radius 3 is 3.05 bits per heavy atom. The predicted octanol–water partition coefficient (Wildman–Crippen LogP) is 3.20. The molecule has 1 N–H and O–H groups in total. The average Bonchev–Trinajstić information content (AvgIpc) is 2.47. The van der Waals surface area contributed by atoms with Gasteiger partial charge in [0.2, 0.25) is 0 Å². The first-order valence-corrected chi connectivity index (χ1v) is 6.94. The maximum absolute atomic E-state index is 5.45. The molecule has 1 aromatic heterocycles. The van der Waals surface area contributed by atoms with Gasteiger partial charge in [0.25, 0.3) is 0 Å². The topological polar surface area (TPSA) is 47.1 Å². The number of aromatic amines is 1. The van der Waals surface area contributed by atoms with Crippen molar-refractivity contribution >= 4 is 12.2 Å². The summed E-state index contributed by atoms with van der Waals surface area (Å²) in [5.74, 6) is 1.56. The first-order chi connectivity index (χ1) is 9.69. The molecule has 0 radical (unpaired) electrons. The summed E-state index contributed by atoms with van der Waals surface area (Å²) in [6, 6.07) is 6.04. The van der Waals surface area contributed by atoms with Crippen LogP contribution in [0.2, 0.25) is 0 Å². The maximum atomic E-state index is 5.45. The number of rotatable bonds is 2. The van der Waals surface area contributed by atoms with Crippen LogP contribution in [-0.4, -0.2) is 23.7 Å². The zero-order chi connectivity index (χ0) is 14.1. The summed E-state index contributed by atoms with van der Waals surface area (Å²) in [6.07, 6.45) is 0.836. The maximum Gasteiger partial charge on any atom is 0.142 e. The van der Waals surface area contributed by atoms with Crippen LogP contribution < -0.4 is 4.74 Å². The molecule has 0 atom stereocenters. The van der Waals surface area contributed by atoms with Crippen LogP contribution in [0.4, 0.5) is 0 Å². The van der Waals surface area contributed by atoms with E-state index in [1.54, 1.807) is 7.11 Å². The molecule has 2 aromatic rings. The molecule has 0 spiro atoms. The Morgan fingerprint density at radius 1 is 1.40 bits per heavy atom. The molecule has 0 aliphatic carbocycles. The van der Waals surface area contributed by atoms with Crippen molar-refractivity contribution in [3.8, 4) is 17.1 Å². The lowest BCUT2D eigenvalue weighted by atomic mass is 10.1. The molecular weight excluding hydrogens is 272 g/mol. The van der Waals surface area contributed by atoms with E-state index in [1.807, 2.05) is 25.1 Å². The summed E-state index contributed by atoms with van der Waals surface area (Å²) in [4.78, 5) is 7.87. The van der Waals surface area contributed by atoms with E-state index in [2.05, 4.69) is 9.97 Å². The van der Waals surface area contributed by atoms with Crippen molar-refractivity contribution in [3.05, 3.63) is 39.7 Å². The molecule has 0 saturated carbocycles. The van der Waals surface area contributed by atoms with Gasteiger partial charge in [0, 0.05) is 17.7 Å². The highest BCUT2D eigenvalue weighted by molar-refractivity contribution is 7.71. The van der Waals surface area contributed by atoms with Crippen LogP contribution in [0.5, 0.6) is 5.75 Å². The van der Waals surface area contributed by atoms with Gasteiger partial charge in [-0.05, 0) is 24.6 Å².